The topological polar surface area (TPSA) is 53.7 Å². The molecule has 5 heteroatoms. The van der Waals surface area contributed by atoms with Gasteiger partial charge in [0.15, 0.2) is 0 Å². The molecular formula is C21H21NO4. The van der Waals surface area contributed by atoms with Gasteiger partial charge in [-0.3, -0.25) is 0 Å². The summed E-state index contributed by atoms with van der Waals surface area (Å²) in [5.41, 5.74) is 2.96. The number of hydrogen-bond acceptors (Lipinski definition) is 5. The Morgan fingerprint density at radius 2 is 1.81 bits per heavy atom. The van der Waals surface area contributed by atoms with E-state index in [0.717, 1.165) is 42.4 Å². The van der Waals surface area contributed by atoms with Crippen LogP contribution in [-0.4, -0.2) is 25.3 Å². The summed E-state index contributed by atoms with van der Waals surface area (Å²) in [5.74, 6) is 2.70. The van der Waals surface area contributed by atoms with Crippen molar-refractivity contribution in [2.75, 3.05) is 20.3 Å². The van der Waals surface area contributed by atoms with Crippen LogP contribution in [0.4, 0.5) is 0 Å². The van der Waals surface area contributed by atoms with Crippen LogP contribution in [0, 0.1) is 0 Å². The molecule has 1 fully saturated rings. The first kappa shape index (κ1) is 16.7. The highest BCUT2D eigenvalue weighted by molar-refractivity contribution is 5.54. The van der Waals surface area contributed by atoms with Crippen molar-refractivity contribution in [3.63, 3.8) is 0 Å². The molecule has 0 amide bonds. The van der Waals surface area contributed by atoms with E-state index in [1.54, 1.807) is 13.4 Å². The average Bonchev–Trinajstić information content (AvgIpc) is 3.39. The monoisotopic (exact) mass is 351 g/mol. The van der Waals surface area contributed by atoms with Crippen molar-refractivity contribution >= 4 is 0 Å². The van der Waals surface area contributed by atoms with Gasteiger partial charge in [-0.05, 0) is 48.4 Å². The van der Waals surface area contributed by atoms with Crippen molar-refractivity contribution in [1.29, 1.82) is 0 Å². The maximum Gasteiger partial charge on any atom is 0.226 e. The number of methoxy groups -OCH3 is 1. The zero-order chi connectivity index (χ0) is 17.8. The summed E-state index contributed by atoms with van der Waals surface area (Å²) < 4.78 is 22.0. The molecule has 26 heavy (non-hydrogen) atoms. The highest BCUT2D eigenvalue weighted by Crippen LogP contribution is 2.27. The molecule has 134 valence electrons. The molecule has 0 bridgehead atoms. The smallest absolute Gasteiger partial charge is 0.226 e. The standard InChI is InChI=1S/C21H21NO4/c1-23-19-6-4-16(5-7-19)21-22-18(14-26-21)13-25-20-8-2-15(3-9-20)17-10-11-24-12-17/h2-9,14,17H,10-13H2,1H3. The molecule has 3 aromatic rings. The first-order valence-electron chi connectivity index (χ1n) is 8.71. The molecule has 2 heterocycles. The van der Waals surface area contributed by atoms with Crippen molar-refractivity contribution in [3.05, 3.63) is 66.1 Å². The van der Waals surface area contributed by atoms with Crippen LogP contribution in [0.2, 0.25) is 0 Å². The molecule has 1 aromatic heterocycles. The van der Waals surface area contributed by atoms with Gasteiger partial charge in [0.25, 0.3) is 0 Å². The molecule has 1 aliphatic rings. The second-order valence-electron chi connectivity index (χ2n) is 6.29. The molecule has 0 spiro atoms. The van der Waals surface area contributed by atoms with Gasteiger partial charge in [-0.15, -0.1) is 0 Å². The zero-order valence-electron chi connectivity index (χ0n) is 14.7. The van der Waals surface area contributed by atoms with Crippen LogP contribution < -0.4 is 9.47 Å². The predicted molar refractivity (Wildman–Crippen MR) is 97.4 cm³/mol. The summed E-state index contributed by atoms with van der Waals surface area (Å²) in [6.07, 6.45) is 2.72. The Morgan fingerprint density at radius 3 is 2.50 bits per heavy atom. The SMILES string of the molecule is COc1ccc(-c2nc(COc3ccc(C4CCOC4)cc3)co2)cc1. The fourth-order valence-electron chi connectivity index (χ4n) is 3.03. The van der Waals surface area contributed by atoms with E-state index in [9.17, 15) is 0 Å². The zero-order valence-corrected chi connectivity index (χ0v) is 14.7. The number of hydrogen-bond donors (Lipinski definition) is 0. The van der Waals surface area contributed by atoms with Crippen LogP contribution in [0.3, 0.4) is 0 Å². The molecule has 1 saturated heterocycles. The largest absolute Gasteiger partial charge is 0.497 e. The Hall–Kier alpha value is -2.79. The lowest BCUT2D eigenvalue weighted by molar-refractivity contribution is 0.194. The van der Waals surface area contributed by atoms with E-state index in [1.165, 1.54) is 5.56 Å². The minimum Gasteiger partial charge on any atom is -0.497 e. The van der Waals surface area contributed by atoms with Gasteiger partial charge in [0, 0.05) is 18.1 Å². The number of oxazole rings is 1. The van der Waals surface area contributed by atoms with Crippen LogP contribution >= 0.6 is 0 Å². The van der Waals surface area contributed by atoms with Gasteiger partial charge >= 0.3 is 0 Å². The molecule has 5 nitrogen and oxygen atoms in total. The molecule has 0 N–H and O–H groups in total. The number of aromatic nitrogens is 1. The van der Waals surface area contributed by atoms with Gasteiger partial charge in [0.05, 0.1) is 13.7 Å². The van der Waals surface area contributed by atoms with Crippen LogP contribution in [0.1, 0.15) is 23.6 Å². The van der Waals surface area contributed by atoms with E-state index in [4.69, 9.17) is 18.6 Å². The van der Waals surface area contributed by atoms with Crippen LogP contribution in [0.5, 0.6) is 11.5 Å². The summed E-state index contributed by atoms with van der Waals surface area (Å²) in [7, 11) is 1.64. The number of ether oxygens (including phenoxy) is 3. The van der Waals surface area contributed by atoms with Crippen LogP contribution in [0.25, 0.3) is 11.5 Å². The summed E-state index contributed by atoms with van der Waals surface area (Å²) >= 11 is 0. The van der Waals surface area contributed by atoms with E-state index in [1.807, 2.05) is 36.4 Å². The molecule has 2 aromatic carbocycles. The van der Waals surface area contributed by atoms with Gasteiger partial charge in [-0.1, -0.05) is 12.1 Å². The molecule has 1 aliphatic heterocycles. The Balaban J connectivity index is 1.36. The molecule has 4 rings (SSSR count). The minimum absolute atomic E-state index is 0.367. The Morgan fingerprint density at radius 1 is 1.04 bits per heavy atom. The average molecular weight is 351 g/mol. The number of rotatable bonds is 6. The fourth-order valence-corrected chi connectivity index (χ4v) is 3.03. The number of benzene rings is 2. The lowest BCUT2D eigenvalue weighted by Crippen LogP contribution is -1.99. The van der Waals surface area contributed by atoms with E-state index in [0.29, 0.717) is 18.4 Å². The lowest BCUT2D eigenvalue weighted by Gasteiger charge is -2.09. The Bertz CT molecular complexity index is 833. The van der Waals surface area contributed by atoms with E-state index in [2.05, 4.69) is 17.1 Å². The fraction of sp³-hybridized carbons (Fsp3) is 0.286. The van der Waals surface area contributed by atoms with E-state index in [-0.39, 0.29) is 0 Å². The summed E-state index contributed by atoms with van der Waals surface area (Å²) in [5, 5.41) is 0. The third-order valence-corrected chi connectivity index (χ3v) is 4.56. The first-order chi connectivity index (χ1) is 12.8. The quantitative estimate of drug-likeness (QED) is 0.657. The van der Waals surface area contributed by atoms with Gasteiger partial charge in [-0.25, -0.2) is 4.98 Å². The van der Waals surface area contributed by atoms with E-state index >= 15 is 0 Å². The predicted octanol–water partition coefficient (Wildman–Crippen LogP) is 4.43. The minimum atomic E-state index is 0.367. The Kier molecular flexibility index (Phi) is 4.88. The molecule has 0 saturated carbocycles. The summed E-state index contributed by atoms with van der Waals surface area (Å²) in [6.45, 7) is 2.03. The summed E-state index contributed by atoms with van der Waals surface area (Å²) in [4.78, 5) is 4.48. The number of nitrogens with zero attached hydrogens (tertiary/aromatic N) is 1. The maximum atomic E-state index is 5.82. The van der Waals surface area contributed by atoms with Crippen LogP contribution in [0.15, 0.2) is 59.2 Å². The molecular weight excluding hydrogens is 330 g/mol. The highest BCUT2D eigenvalue weighted by atomic mass is 16.5. The molecule has 1 unspecified atom stereocenters. The summed E-state index contributed by atoms with van der Waals surface area (Å²) in [6, 6.07) is 15.8. The van der Waals surface area contributed by atoms with E-state index < -0.39 is 0 Å². The van der Waals surface area contributed by atoms with Gasteiger partial charge < -0.3 is 18.6 Å². The van der Waals surface area contributed by atoms with Gasteiger partial charge in [0.2, 0.25) is 5.89 Å². The molecule has 1 atom stereocenters. The maximum absolute atomic E-state index is 5.82. The van der Waals surface area contributed by atoms with Crippen molar-refractivity contribution in [2.45, 2.75) is 18.9 Å². The third-order valence-electron chi connectivity index (χ3n) is 4.56. The van der Waals surface area contributed by atoms with Crippen LogP contribution in [-0.2, 0) is 11.3 Å². The first-order valence-corrected chi connectivity index (χ1v) is 8.71. The highest BCUT2D eigenvalue weighted by Gasteiger charge is 2.17. The van der Waals surface area contributed by atoms with Gasteiger partial charge in [0.1, 0.15) is 30.1 Å². The Labute approximate surface area is 152 Å². The van der Waals surface area contributed by atoms with Crippen molar-refractivity contribution in [1.82, 2.24) is 4.98 Å². The lowest BCUT2D eigenvalue weighted by atomic mass is 9.99. The molecule has 0 aliphatic carbocycles. The molecule has 0 radical (unpaired) electrons. The second kappa shape index (κ2) is 7.62. The second-order valence-corrected chi connectivity index (χ2v) is 6.29. The van der Waals surface area contributed by atoms with Gasteiger partial charge in [-0.2, -0.15) is 0 Å². The van der Waals surface area contributed by atoms with Crippen molar-refractivity contribution in [2.24, 2.45) is 0 Å². The van der Waals surface area contributed by atoms with Crippen molar-refractivity contribution in [3.8, 4) is 23.0 Å². The normalized spacial score (nSPS) is 16.6. The van der Waals surface area contributed by atoms with Crippen molar-refractivity contribution < 1.29 is 18.6 Å². The third kappa shape index (κ3) is 3.73.